The average molecular weight is 1840 g/mol. The summed E-state index contributed by atoms with van der Waals surface area (Å²) in [6.07, 6.45) is 0. The van der Waals surface area contributed by atoms with E-state index >= 15 is 0 Å². The zero-order valence-electron chi connectivity index (χ0n) is 77.9. The summed E-state index contributed by atoms with van der Waals surface area (Å²) in [5, 5.41) is 7.58. The highest BCUT2D eigenvalue weighted by atomic mass is 16.5. The summed E-state index contributed by atoms with van der Waals surface area (Å²) in [6.45, 7) is -0.0233. The molecule has 0 saturated heterocycles. The Morgan fingerprint density at radius 3 is 0.826 bits per heavy atom. The van der Waals surface area contributed by atoms with Gasteiger partial charge in [0, 0.05) is 82.5 Å². The number of benzene rings is 22. The SMILES string of the molecule is c1ccc(-c2cc(-c3ccccc3)c3c4c2Oc2ccccc2B4c2ccc(-c4ccc(-n5c6ccccc6c6ccccc65)cc4)cc2O3)cc1.c1ccc(-c2ccc3c(c2)B2c4ccc(-c5ccc(-n6c7ccccc7c7ccccc76)cc5)cc4Oc4cccc(c42)O3)cc1.c1ccc(-c2ccc3c(c2)B2c4cccc(-c5ccc(-n6c7ccccc7c7ccccc76)cc5)c4Oc4cccc(c42)O3)cc1. The Morgan fingerprint density at radius 1 is 0.139 bits per heavy atom. The average Bonchev–Trinajstić information content (AvgIpc) is 0.982. The van der Waals surface area contributed by atoms with Crippen molar-refractivity contribution in [2.45, 2.75) is 0 Å². The van der Waals surface area contributed by atoms with Crippen LogP contribution in [-0.4, -0.2) is 33.8 Å². The number of para-hydroxylation sites is 8. The fraction of sp³-hybridized carbons (Fsp3) is 0. The zero-order valence-corrected chi connectivity index (χ0v) is 77.9. The van der Waals surface area contributed by atoms with Crippen LogP contribution in [0.1, 0.15) is 0 Å². The Labute approximate surface area is 832 Å². The van der Waals surface area contributed by atoms with Gasteiger partial charge in [-0.05, 0) is 227 Å². The summed E-state index contributed by atoms with van der Waals surface area (Å²) >= 11 is 0. The van der Waals surface area contributed by atoms with Crippen LogP contribution in [0.2, 0.25) is 0 Å². The highest BCUT2D eigenvalue weighted by Gasteiger charge is 2.46. The monoisotopic (exact) mass is 1840 g/mol. The molecule has 0 unspecified atom stereocenters. The summed E-state index contributed by atoms with van der Waals surface area (Å²) in [7, 11) is 0. The fourth-order valence-electron chi connectivity index (χ4n) is 23.3. The van der Waals surface area contributed by atoms with Gasteiger partial charge in [0.15, 0.2) is 0 Å². The fourth-order valence-corrected chi connectivity index (χ4v) is 23.3. The molecule has 0 N–H and O–H groups in total. The van der Waals surface area contributed by atoms with Gasteiger partial charge >= 0.3 is 0 Å². The van der Waals surface area contributed by atoms with Gasteiger partial charge < -0.3 is 42.1 Å². The molecule has 25 aromatic rings. The van der Waals surface area contributed by atoms with E-state index in [-0.39, 0.29) is 20.1 Å². The van der Waals surface area contributed by atoms with Crippen molar-refractivity contribution < 1.29 is 28.4 Å². The van der Waals surface area contributed by atoms with Crippen LogP contribution in [0.5, 0.6) is 69.0 Å². The lowest BCUT2D eigenvalue weighted by Crippen LogP contribution is -2.57. The van der Waals surface area contributed by atoms with Crippen LogP contribution in [0, 0.1) is 0 Å². The van der Waals surface area contributed by atoms with Crippen LogP contribution in [0.25, 0.3) is 160 Å². The standard InChI is InChI=1S/C48H30BNO2.2C42H26BNO2/c1-3-13-32(14-4-1)38-30-39(33-15-5-2-6-16-33)48-46-47(38)51-44-22-12-9-19-40(44)49(46)41-28-25-34(29-45(41)52-48)31-23-26-35(27-24-31)50-42-20-10-7-17-36(42)37-18-8-11-21-43(37)50;1-2-10-27(11-3-1)29-22-25-38-35(26-29)43-34-15-8-14-31(42(34)46-40-19-9-18-39(45-38)41(40)43)28-20-23-30(24-21-28)44-36-16-6-4-12-32(36)33-13-5-7-17-37(33)44;1-2-9-27(10-3-1)29-20-24-38-35(25-29)43-34-23-19-30(26-41(34)46-40-16-8-15-39(45-38)42(40)43)28-17-21-31(22-18-28)44-36-13-6-4-11-32(36)33-12-5-7-14-37(33)44/h1-30H;2*1-26H. The van der Waals surface area contributed by atoms with E-state index in [1.807, 2.05) is 24.3 Å². The second-order valence-electron chi connectivity index (χ2n) is 37.8. The largest absolute Gasteiger partial charge is 0.458 e. The molecule has 9 nitrogen and oxygen atoms in total. The van der Waals surface area contributed by atoms with Crippen molar-refractivity contribution in [1.29, 1.82) is 0 Å². The summed E-state index contributed by atoms with van der Waals surface area (Å²) < 4.78 is 47.3. The van der Waals surface area contributed by atoms with Gasteiger partial charge in [-0.15, -0.1) is 0 Å². The minimum absolute atomic E-state index is 0.000751. The molecule has 3 aromatic heterocycles. The Bertz CT molecular complexity index is 9380. The number of nitrogens with zero attached hydrogens (tertiary/aromatic N) is 3. The van der Waals surface area contributed by atoms with Gasteiger partial charge in [0.1, 0.15) is 69.0 Å². The molecular weight excluding hydrogens is 1760 g/mol. The number of fused-ring (bicyclic) bond motifs is 21. The summed E-state index contributed by atoms with van der Waals surface area (Å²) in [5.41, 5.74) is 36.6. The molecule has 144 heavy (non-hydrogen) atoms. The topological polar surface area (TPSA) is 70.2 Å². The Hall–Kier alpha value is -18.8. The highest BCUT2D eigenvalue weighted by Crippen LogP contribution is 2.50. The normalized spacial score (nSPS) is 12.6. The molecule has 0 amide bonds. The van der Waals surface area contributed by atoms with Crippen molar-refractivity contribution in [1.82, 2.24) is 13.7 Å². The number of hydrogen-bond donors (Lipinski definition) is 0. The van der Waals surface area contributed by atoms with E-state index in [1.54, 1.807) is 0 Å². The molecule has 0 bridgehead atoms. The van der Waals surface area contributed by atoms with Crippen LogP contribution in [0.4, 0.5) is 0 Å². The van der Waals surface area contributed by atoms with E-state index < -0.39 is 0 Å². The Balaban J connectivity index is 0.000000103. The second-order valence-corrected chi connectivity index (χ2v) is 37.8. The first-order valence-corrected chi connectivity index (χ1v) is 49.2. The molecule has 0 saturated carbocycles. The predicted molar refractivity (Wildman–Crippen MR) is 593 cm³/mol. The van der Waals surface area contributed by atoms with Gasteiger partial charge in [0.25, 0.3) is 20.1 Å². The molecule has 0 fully saturated rings. The van der Waals surface area contributed by atoms with Crippen molar-refractivity contribution in [2.75, 3.05) is 0 Å². The molecular formula is C132H82B3N3O6. The molecule has 0 atom stereocenters. The molecule has 31 rings (SSSR count). The zero-order chi connectivity index (χ0) is 94.6. The summed E-state index contributed by atoms with van der Waals surface area (Å²) in [5.74, 6) is 10.5. The molecule has 6 aliphatic rings. The van der Waals surface area contributed by atoms with Gasteiger partial charge in [-0.1, -0.05) is 364 Å². The summed E-state index contributed by atoms with van der Waals surface area (Å²) in [4.78, 5) is 0. The lowest BCUT2D eigenvalue weighted by molar-refractivity contribution is 0.464. The number of aromatic nitrogens is 3. The van der Waals surface area contributed by atoms with Crippen molar-refractivity contribution in [3.8, 4) is 164 Å². The van der Waals surface area contributed by atoms with Crippen LogP contribution in [0.3, 0.4) is 0 Å². The predicted octanol–water partition coefficient (Wildman–Crippen LogP) is 28.2. The maximum Gasteiger partial charge on any atom is 0.260 e. The molecule has 9 heterocycles. The highest BCUT2D eigenvalue weighted by molar-refractivity contribution is 7.00. The maximum absolute atomic E-state index is 7.07. The first-order valence-electron chi connectivity index (χ1n) is 49.2. The van der Waals surface area contributed by atoms with Crippen molar-refractivity contribution in [3.05, 3.63) is 497 Å². The molecule has 0 aliphatic carbocycles. The van der Waals surface area contributed by atoms with E-state index in [0.29, 0.717) is 0 Å². The smallest absolute Gasteiger partial charge is 0.260 e. The van der Waals surface area contributed by atoms with Gasteiger partial charge in [0.2, 0.25) is 0 Å². The molecule has 12 heteroatoms. The Kier molecular flexibility index (Phi) is 19.2. The molecule has 0 spiro atoms. The van der Waals surface area contributed by atoms with Crippen molar-refractivity contribution in [3.63, 3.8) is 0 Å². The van der Waals surface area contributed by atoms with Gasteiger partial charge in [0.05, 0.1) is 33.1 Å². The number of hydrogen-bond acceptors (Lipinski definition) is 6. The minimum atomic E-state index is -0.0449. The van der Waals surface area contributed by atoms with Crippen LogP contribution >= 0.6 is 0 Å². The van der Waals surface area contributed by atoms with E-state index in [1.165, 1.54) is 87.7 Å². The van der Waals surface area contributed by atoms with Crippen LogP contribution in [0.15, 0.2) is 497 Å². The maximum atomic E-state index is 7.07. The Morgan fingerprint density at radius 2 is 0.403 bits per heavy atom. The third-order valence-electron chi connectivity index (χ3n) is 29.8. The van der Waals surface area contributed by atoms with Gasteiger partial charge in [-0.3, -0.25) is 0 Å². The minimum Gasteiger partial charge on any atom is -0.458 e. The lowest BCUT2D eigenvalue weighted by atomic mass is 9.34. The first-order chi connectivity index (χ1) is 71.4. The van der Waals surface area contributed by atoms with E-state index in [4.69, 9.17) is 28.4 Å². The molecule has 6 aliphatic heterocycles. The second kappa shape index (κ2) is 33.5. The quantitative estimate of drug-likeness (QED) is 0.127. The molecule has 670 valence electrons. The van der Waals surface area contributed by atoms with E-state index in [0.717, 1.165) is 191 Å². The van der Waals surface area contributed by atoms with Gasteiger partial charge in [-0.25, -0.2) is 0 Å². The van der Waals surface area contributed by atoms with Crippen molar-refractivity contribution >= 4 is 135 Å². The van der Waals surface area contributed by atoms with Gasteiger partial charge in [-0.2, -0.15) is 0 Å². The van der Waals surface area contributed by atoms with Crippen LogP contribution in [-0.2, 0) is 0 Å². The molecule has 0 radical (unpaired) electrons. The van der Waals surface area contributed by atoms with Crippen LogP contribution < -0.4 is 77.6 Å². The lowest BCUT2D eigenvalue weighted by Gasteiger charge is -2.35. The summed E-state index contributed by atoms with van der Waals surface area (Å²) in [6, 6.07) is 176. The van der Waals surface area contributed by atoms with E-state index in [2.05, 4.69) is 487 Å². The first kappa shape index (κ1) is 82.3. The number of ether oxygens (including phenoxy) is 6. The van der Waals surface area contributed by atoms with E-state index in [9.17, 15) is 0 Å². The number of rotatable bonds is 10. The third-order valence-corrected chi connectivity index (χ3v) is 29.8. The third kappa shape index (κ3) is 13.4. The van der Waals surface area contributed by atoms with Crippen molar-refractivity contribution in [2.24, 2.45) is 0 Å². The molecule has 22 aromatic carbocycles.